The van der Waals surface area contributed by atoms with E-state index in [4.69, 9.17) is 0 Å². The molecule has 0 amide bonds. The van der Waals surface area contributed by atoms with Crippen LogP contribution < -0.4 is 10.5 Å². The lowest BCUT2D eigenvalue weighted by atomic mass is 9.98. The number of nitrogens with one attached hydrogen (secondary N) is 1. The van der Waals surface area contributed by atoms with Crippen molar-refractivity contribution in [3.63, 3.8) is 0 Å². The van der Waals surface area contributed by atoms with Crippen LogP contribution in [0.4, 0.5) is 10.1 Å². The van der Waals surface area contributed by atoms with Crippen molar-refractivity contribution >= 4 is 16.6 Å². The van der Waals surface area contributed by atoms with E-state index in [0.717, 1.165) is 47.2 Å². The van der Waals surface area contributed by atoms with Gasteiger partial charge in [-0.1, -0.05) is 18.6 Å². The van der Waals surface area contributed by atoms with Gasteiger partial charge in [-0.3, -0.25) is 9.69 Å². The number of piperazine rings is 1. The fraction of sp³-hybridized carbons (Fsp3) is 0.429. The zero-order valence-corrected chi connectivity index (χ0v) is 22.1. The van der Waals surface area contributed by atoms with Crippen molar-refractivity contribution in [2.24, 2.45) is 0 Å². The first-order valence-electron chi connectivity index (χ1n) is 12.9. The lowest BCUT2D eigenvalue weighted by Crippen LogP contribution is -2.49. The summed E-state index contributed by atoms with van der Waals surface area (Å²) >= 11 is 0. The summed E-state index contributed by atoms with van der Waals surface area (Å²) in [6, 6.07) is 12.4. The summed E-state index contributed by atoms with van der Waals surface area (Å²) in [4.78, 5) is 21.3. The second-order valence-corrected chi connectivity index (χ2v) is 10.6. The van der Waals surface area contributed by atoms with E-state index >= 15 is 0 Å². The number of hydrogen-bond acceptors (Lipinski definition) is 6. The average Bonchev–Trinajstić information content (AvgIpc) is 3.36. The van der Waals surface area contributed by atoms with Crippen LogP contribution >= 0.6 is 0 Å². The number of aryl methyl sites for hydroxylation is 2. The average molecular weight is 504 g/mol. The molecule has 3 heterocycles. The van der Waals surface area contributed by atoms with Crippen molar-refractivity contribution in [3.8, 4) is 0 Å². The molecule has 1 saturated heterocycles. The molecule has 0 aliphatic carbocycles. The standard InChI is InChI=1S/C28H34FN7O/c1-6-28(4,5)36-26(31-32-33-36)25(23-17-20-16-18(2)15-19(3)24(20)30-27(23)37)35-13-11-34(12-14-35)22-9-7-21(29)8-10-22/h7-10,15-17,25H,6,11-14H2,1-5H3,(H,30,37)/t25-/m1/s1. The Morgan fingerprint density at radius 3 is 2.43 bits per heavy atom. The van der Waals surface area contributed by atoms with Gasteiger partial charge >= 0.3 is 0 Å². The Labute approximate surface area is 216 Å². The number of aromatic nitrogens is 5. The maximum atomic E-state index is 13.6. The molecule has 2 aromatic carbocycles. The highest BCUT2D eigenvalue weighted by molar-refractivity contribution is 5.83. The molecule has 5 rings (SSSR count). The third-order valence-electron chi connectivity index (χ3n) is 7.66. The van der Waals surface area contributed by atoms with E-state index in [9.17, 15) is 9.18 Å². The van der Waals surface area contributed by atoms with E-state index in [1.807, 2.05) is 29.8 Å². The van der Waals surface area contributed by atoms with Gasteiger partial charge in [0.1, 0.15) is 11.9 Å². The number of hydrogen-bond donors (Lipinski definition) is 1. The van der Waals surface area contributed by atoms with Gasteiger partial charge in [0.2, 0.25) is 0 Å². The molecule has 194 valence electrons. The SMILES string of the molecule is CCC(C)(C)n1nnnc1[C@@H](c1cc2cc(C)cc(C)c2[nH]c1=O)N1CCN(c2ccc(F)cc2)CC1. The number of H-pyrrole nitrogens is 1. The van der Waals surface area contributed by atoms with E-state index in [0.29, 0.717) is 24.5 Å². The van der Waals surface area contributed by atoms with Crippen molar-refractivity contribution < 1.29 is 4.39 Å². The molecule has 2 aromatic heterocycles. The summed E-state index contributed by atoms with van der Waals surface area (Å²) in [5.41, 5.74) is 4.22. The molecule has 4 aromatic rings. The molecule has 37 heavy (non-hydrogen) atoms. The third-order valence-corrected chi connectivity index (χ3v) is 7.66. The fourth-order valence-electron chi connectivity index (χ4n) is 5.24. The van der Waals surface area contributed by atoms with Gasteiger partial charge in [0.05, 0.1) is 11.1 Å². The van der Waals surface area contributed by atoms with Crippen molar-refractivity contribution in [1.82, 2.24) is 30.1 Å². The quantitative estimate of drug-likeness (QED) is 0.422. The van der Waals surface area contributed by atoms with E-state index in [-0.39, 0.29) is 16.9 Å². The van der Waals surface area contributed by atoms with Crippen LogP contribution in [0.3, 0.4) is 0 Å². The molecule has 1 atom stereocenters. The summed E-state index contributed by atoms with van der Waals surface area (Å²) < 4.78 is 15.3. The highest BCUT2D eigenvalue weighted by atomic mass is 19.1. The lowest BCUT2D eigenvalue weighted by Gasteiger charge is -2.40. The van der Waals surface area contributed by atoms with Gasteiger partial charge in [0.15, 0.2) is 5.82 Å². The molecule has 0 saturated carbocycles. The Balaban J connectivity index is 1.58. The Hall–Kier alpha value is -3.59. The molecular formula is C28H34FN7O. The number of aromatic amines is 1. The molecule has 0 unspecified atom stereocenters. The molecule has 8 nitrogen and oxygen atoms in total. The summed E-state index contributed by atoms with van der Waals surface area (Å²) in [5.74, 6) is 0.421. The van der Waals surface area contributed by atoms with E-state index in [1.54, 1.807) is 0 Å². The first-order chi connectivity index (χ1) is 17.7. The molecule has 0 spiro atoms. The Morgan fingerprint density at radius 1 is 1.05 bits per heavy atom. The molecule has 1 aliphatic heterocycles. The normalized spacial score (nSPS) is 15.9. The Morgan fingerprint density at radius 2 is 1.76 bits per heavy atom. The van der Waals surface area contributed by atoms with Gasteiger partial charge in [-0.15, -0.1) is 5.10 Å². The van der Waals surface area contributed by atoms with Gasteiger partial charge < -0.3 is 9.88 Å². The molecule has 1 fully saturated rings. The number of fused-ring (bicyclic) bond motifs is 1. The molecule has 1 aliphatic rings. The minimum Gasteiger partial charge on any atom is -0.369 e. The smallest absolute Gasteiger partial charge is 0.253 e. The number of rotatable bonds is 6. The minimum absolute atomic E-state index is 0.130. The fourth-order valence-corrected chi connectivity index (χ4v) is 5.24. The maximum absolute atomic E-state index is 13.6. The van der Waals surface area contributed by atoms with Gasteiger partial charge in [-0.05, 0) is 91.9 Å². The second kappa shape index (κ2) is 9.70. The van der Waals surface area contributed by atoms with Crippen LogP contribution in [0.25, 0.3) is 10.9 Å². The molecule has 0 radical (unpaired) electrons. The number of benzene rings is 2. The predicted molar refractivity (Wildman–Crippen MR) is 144 cm³/mol. The number of anilines is 1. The van der Waals surface area contributed by atoms with Crippen LogP contribution in [0.2, 0.25) is 0 Å². The first-order valence-corrected chi connectivity index (χ1v) is 12.9. The number of pyridine rings is 1. The molecular weight excluding hydrogens is 469 g/mol. The summed E-state index contributed by atoms with van der Waals surface area (Å²) in [6.07, 6.45) is 0.836. The first kappa shape index (κ1) is 25.1. The van der Waals surface area contributed by atoms with Gasteiger partial charge in [0.25, 0.3) is 5.56 Å². The minimum atomic E-state index is -0.412. The number of halogens is 1. The predicted octanol–water partition coefficient (Wildman–Crippen LogP) is 4.33. The van der Waals surface area contributed by atoms with E-state index in [1.165, 1.54) is 12.1 Å². The van der Waals surface area contributed by atoms with Crippen molar-refractivity contribution in [2.45, 2.75) is 52.6 Å². The summed E-state index contributed by atoms with van der Waals surface area (Å²) in [7, 11) is 0. The van der Waals surface area contributed by atoms with Crippen molar-refractivity contribution in [2.75, 3.05) is 31.1 Å². The van der Waals surface area contributed by atoms with E-state index < -0.39 is 6.04 Å². The monoisotopic (exact) mass is 503 g/mol. The van der Waals surface area contributed by atoms with Crippen LogP contribution in [0, 0.1) is 19.7 Å². The highest BCUT2D eigenvalue weighted by Gasteiger charge is 2.35. The van der Waals surface area contributed by atoms with Gasteiger partial charge in [0, 0.05) is 37.4 Å². The van der Waals surface area contributed by atoms with Crippen molar-refractivity contribution in [1.29, 1.82) is 0 Å². The van der Waals surface area contributed by atoms with Gasteiger partial charge in [-0.25, -0.2) is 9.07 Å². The Kier molecular flexibility index (Phi) is 6.58. The van der Waals surface area contributed by atoms with Crippen LogP contribution in [0.1, 0.15) is 55.7 Å². The maximum Gasteiger partial charge on any atom is 0.253 e. The van der Waals surface area contributed by atoms with E-state index in [2.05, 4.69) is 70.1 Å². The topological polar surface area (TPSA) is 82.9 Å². The largest absolute Gasteiger partial charge is 0.369 e. The van der Waals surface area contributed by atoms with Crippen LogP contribution in [-0.4, -0.2) is 56.3 Å². The molecule has 9 heteroatoms. The van der Waals surface area contributed by atoms with Gasteiger partial charge in [-0.2, -0.15) is 0 Å². The molecule has 0 bridgehead atoms. The summed E-state index contributed by atoms with van der Waals surface area (Å²) in [5, 5.41) is 13.9. The second-order valence-electron chi connectivity index (χ2n) is 10.6. The highest BCUT2D eigenvalue weighted by Crippen LogP contribution is 2.32. The zero-order valence-electron chi connectivity index (χ0n) is 22.1. The van der Waals surface area contributed by atoms with Crippen LogP contribution in [0.5, 0.6) is 0 Å². The molecule has 1 N–H and O–H groups in total. The Bertz CT molecular complexity index is 1470. The number of nitrogens with zero attached hydrogens (tertiary/aromatic N) is 6. The van der Waals surface area contributed by atoms with Crippen molar-refractivity contribution in [3.05, 3.63) is 81.2 Å². The van der Waals surface area contributed by atoms with Crippen LogP contribution in [-0.2, 0) is 5.54 Å². The lowest BCUT2D eigenvalue weighted by molar-refractivity contribution is 0.186. The summed E-state index contributed by atoms with van der Waals surface area (Å²) in [6.45, 7) is 13.3. The third kappa shape index (κ3) is 4.75. The number of tetrazole rings is 1. The zero-order chi connectivity index (χ0) is 26.3. The van der Waals surface area contributed by atoms with Crippen LogP contribution in [0.15, 0.2) is 47.3 Å².